The molecule has 3 N–H and O–H groups in total. The van der Waals surface area contributed by atoms with Gasteiger partial charge in [-0.15, -0.1) is 0 Å². The normalized spacial score (nSPS) is 19.6. The maximum atomic E-state index is 11.5. The molecule has 1 rings (SSSR count). The van der Waals surface area contributed by atoms with Crippen molar-refractivity contribution in [1.29, 1.82) is 0 Å². The Balaban J connectivity index is 2.22. The van der Waals surface area contributed by atoms with E-state index in [-0.39, 0.29) is 18.6 Å². The van der Waals surface area contributed by atoms with E-state index in [4.69, 9.17) is 5.11 Å². The zero-order valence-corrected chi connectivity index (χ0v) is 10.5. The van der Waals surface area contributed by atoms with Crippen LogP contribution in [0.2, 0.25) is 0 Å². The molecule has 0 radical (unpaired) electrons. The largest absolute Gasteiger partial charge is 0.481 e. The van der Waals surface area contributed by atoms with Crippen LogP contribution in [0.3, 0.4) is 0 Å². The molecule has 0 aliphatic heterocycles. The molecule has 0 aromatic rings. The summed E-state index contributed by atoms with van der Waals surface area (Å²) in [5.74, 6) is -0.880. The molecule has 0 bridgehead atoms. The van der Waals surface area contributed by atoms with E-state index in [1.54, 1.807) is 6.92 Å². The first-order valence-electron chi connectivity index (χ1n) is 6.28. The summed E-state index contributed by atoms with van der Waals surface area (Å²) in [5, 5.41) is 14.1. The van der Waals surface area contributed by atoms with Crippen LogP contribution in [0.5, 0.6) is 0 Å². The molecule has 98 valence electrons. The Labute approximate surface area is 102 Å². The quantitative estimate of drug-likeness (QED) is 0.685. The minimum Gasteiger partial charge on any atom is -0.481 e. The number of nitrogens with one attached hydrogen (secondary N) is 2. The van der Waals surface area contributed by atoms with Crippen LogP contribution in [0.15, 0.2) is 0 Å². The zero-order chi connectivity index (χ0) is 12.8. The van der Waals surface area contributed by atoms with E-state index in [0.717, 1.165) is 0 Å². The van der Waals surface area contributed by atoms with Crippen molar-refractivity contribution in [3.8, 4) is 0 Å². The van der Waals surface area contributed by atoms with Gasteiger partial charge in [0.2, 0.25) is 0 Å². The number of amides is 2. The molecule has 1 fully saturated rings. The first-order chi connectivity index (χ1) is 8.00. The van der Waals surface area contributed by atoms with Crippen LogP contribution in [0.1, 0.15) is 39.5 Å². The average molecular weight is 242 g/mol. The van der Waals surface area contributed by atoms with Crippen molar-refractivity contribution in [2.45, 2.75) is 45.6 Å². The summed E-state index contributed by atoms with van der Waals surface area (Å²) in [4.78, 5) is 22.1. The van der Waals surface area contributed by atoms with Crippen LogP contribution in [0.25, 0.3) is 0 Å². The van der Waals surface area contributed by atoms with Gasteiger partial charge in [-0.2, -0.15) is 0 Å². The number of carbonyl (C=O) groups is 2. The lowest BCUT2D eigenvalue weighted by molar-refractivity contribution is -0.140. The number of hydrogen-bond acceptors (Lipinski definition) is 2. The van der Waals surface area contributed by atoms with E-state index in [1.165, 1.54) is 25.7 Å². The topological polar surface area (TPSA) is 78.4 Å². The standard InChI is InChI=1S/C12H22N2O3/c1-8(11(15)16)7-13-12(17)14-9(2)10-5-3-4-6-10/h8-10H,3-7H2,1-2H3,(H,15,16)(H2,13,14,17). The van der Waals surface area contributed by atoms with Crippen LogP contribution in [-0.2, 0) is 4.79 Å². The maximum Gasteiger partial charge on any atom is 0.315 e. The van der Waals surface area contributed by atoms with Gasteiger partial charge < -0.3 is 15.7 Å². The SMILES string of the molecule is CC(CNC(=O)NC(C)C1CCCC1)C(=O)O. The second-order valence-corrected chi connectivity index (χ2v) is 4.93. The molecule has 2 atom stereocenters. The fourth-order valence-corrected chi connectivity index (χ4v) is 2.17. The van der Waals surface area contributed by atoms with Crippen molar-refractivity contribution < 1.29 is 14.7 Å². The predicted octanol–water partition coefficient (Wildman–Crippen LogP) is 1.58. The zero-order valence-electron chi connectivity index (χ0n) is 10.5. The number of hydrogen-bond donors (Lipinski definition) is 3. The van der Waals surface area contributed by atoms with Crippen LogP contribution in [-0.4, -0.2) is 29.7 Å². The Morgan fingerprint density at radius 3 is 2.41 bits per heavy atom. The Bertz CT molecular complexity index is 275. The number of rotatable bonds is 5. The lowest BCUT2D eigenvalue weighted by Crippen LogP contribution is -2.45. The van der Waals surface area contributed by atoms with Gasteiger partial charge in [-0.25, -0.2) is 4.79 Å². The van der Waals surface area contributed by atoms with Gasteiger partial charge in [0.05, 0.1) is 5.92 Å². The molecule has 2 amide bonds. The molecule has 1 aliphatic rings. The Hall–Kier alpha value is -1.26. The fraction of sp³-hybridized carbons (Fsp3) is 0.833. The lowest BCUT2D eigenvalue weighted by Gasteiger charge is -2.20. The Morgan fingerprint density at radius 1 is 1.29 bits per heavy atom. The van der Waals surface area contributed by atoms with Crippen molar-refractivity contribution in [1.82, 2.24) is 10.6 Å². The molecular weight excluding hydrogens is 220 g/mol. The van der Waals surface area contributed by atoms with E-state index < -0.39 is 11.9 Å². The van der Waals surface area contributed by atoms with E-state index in [2.05, 4.69) is 10.6 Å². The molecular formula is C12H22N2O3. The predicted molar refractivity (Wildman–Crippen MR) is 64.8 cm³/mol. The second kappa shape index (κ2) is 6.47. The van der Waals surface area contributed by atoms with Crippen molar-refractivity contribution >= 4 is 12.0 Å². The Kier molecular flexibility index (Phi) is 5.25. The van der Waals surface area contributed by atoms with Crippen molar-refractivity contribution in [3.63, 3.8) is 0 Å². The fourth-order valence-electron chi connectivity index (χ4n) is 2.17. The third kappa shape index (κ3) is 4.63. The number of carboxylic acids is 1. The number of carbonyl (C=O) groups excluding carboxylic acids is 1. The van der Waals surface area contributed by atoms with Gasteiger partial charge in [0.1, 0.15) is 0 Å². The molecule has 0 heterocycles. The highest BCUT2D eigenvalue weighted by atomic mass is 16.4. The first kappa shape index (κ1) is 13.8. The van der Waals surface area contributed by atoms with Gasteiger partial charge in [-0.05, 0) is 25.7 Å². The summed E-state index contributed by atoms with van der Waals surface area (Å²) in [6, 6.07) is -0.102. The molecule has 0 spiro atoms. The summed E-state index contributed by atoms with van der Waals surface area (Å²) in [5.41, 5.74) is 0. The minimum atomic E-state index is -0.894. The van der Waals surface area contributed by atoms with Gasteiger partial charge in [0.15, 0.2) is 0 Å². The van der Waals surface area contributed by atoms with Gasteiger partial charge >= 0.3 is 12.0 Å². The number of aliphatic carboxylic acids is 1. The van der Waals surface area contributed by atoms with E-state index >= 15 is 0 Å². The molecule has 1 aliphatic carbocycles. The number of carboxylic acid groups (broad SMARTS) is 1. The number of urea groups is 1. The highest BCUT2D eigenvalue weighted by Gasteiger charge is 2.22. The highest BCUT2D eigenvalue weighted by molar-refractivity contribution is 5.75. The second-order valence-electron chi connectivity index (χ2n) is 4.93. The third-order valence-corrected chi connectivity index (χ3v) is 3.46. The van der Waals surface area contributed by atoms with Gasteiger partial charge in [0, 0.05) is 12.6 Å². The monoisotopic (exact) mass is 242 g/mol. The van der Waals surface area contributed by atoms with Crippen LogP contribution in [0, 0.1) is 11.8 Å². The third-order valence-electron chi connectivity index (χ3n) is 3.46. The van der Waals surface area contributed by atoms with Gasteiger partial charge in [-0.1, -0.05) is 19.8 Å². The van der Waals surface area contributed by atoms with Gasteiger partial charge in [-0.3, -0.25) is 4.79 Å². The lowest BCUT2D eigenvalue weighted by atomic mass is 10.0. The van der Waals surface area contributed by atoms with Crippen molar-refractivity contribution in [2.24, 2.45) is 11.8 Å². The van der Waals surface area contributed by atoms with Crippen molar-refractivity contribution in [3.05, 3.63) is 0 Å². The highest BCUT2D eigenvalue weighted by Crippen LogP contribution is 2.27. The smallest absolute Gasteiger partial charge is 0.315 e. The molecule has 1 saturated carbocycles. The van der Waals surface area contributed by atoms with Crippen molar-refractivity contribution in [2.75, 3.05) is 6.54 Å². The summed E-state index contributed by atoms with van der Waals surface area (Å²) >= 11 is 0. The molecule has 5 nitrogen and oxygen atoms in total. The molecule has 17 heavy (non-hydrogen) atoms. The van der Waals surface area contributed by atoms with E-state index in [0.29, 0.717) is 5.92 Å². The molecule has 5 heteroatoms. The summed E-state index contributed by atoms with van der Waals surface area (Å²) < 4.78 is 0. The maximum absolute atomic E-state index is 11.5. The van der Waals surface area contributed by atoms with Crippen LogP contribution < -0.4 is 10.6 Å². The van der Waals surface area contributed by atoms with Crippen LogP contribution in [0.4, 0.5) is 4.79 Å². The van der Waals surface area contributed by atoms with E-state index in [1.807, 2.05) is 6.92 Å². The molecule has 2 unspecified atom stereocenters. The molecule has 0 aromatic heterocycles. The molecule has 0 saturated heterocycles. The average Bonchev–Trinajstić information content (AvgIpc) is 2.78. The summed E-state index contributed by atoms with van der Waals surface area (Å²) in [6.45, 7) is 3.75. The Morgan fingerprint density at radius 2 is 1.88 bits per heavy atom. The first-order valence-corrected chi connectivity index (χ1v) is 6.28. The van der Waals surface area contributed by atoms with Crippen LogP contribution >= 0.6 is 0 Å². The van der Waals surface area contributed by atoms with Gasteiger partial charge in [0.25, 0.3) is 0 Å². The summed E-state index contributed by atoms with van der Waals surface area (Å²) in [6.07, 6.45) is 4.84. The minimum absolute atomic E-state index is 0.164. The summed E-state index contributed by atoms with van der Waals surface area (Å²) in [7, 11) is 0. The van der Waals surface area contributed by atoms with E-state index in [9.17, 15) is 9.59 Å². The molecule has 0 aromatic carbocycles.